The lowest BCUT2D eigenvalue weighted by Gasteiger charge is -2.32. The highest BCUT2D eigenvalue weighted by Crippen LogP contribution is 2.25. The quantitative estimate of drug-likeness (QED) is 0.347. The van der Waals surface area contributed by atoms with Gasteiger partial charge < -0.3 is 10.2 Å². The van der Waals surface area contributed by atoms with Gasteiger partial charge in [0, 0.05) is 18.1 Å². The average Bonchev–Trinajstić information content (AvgIpc) is 2.91. The van der Waals surface area contributed by atoms with Gasteiger partial charge in [-0.3, -0.25) is 13.9 Å². The molecule has 0 saturated heterocycles. The molecule has 0 heterocycles. The lowest BCUT2D eigenvalue weighted by Crippen LogP contribution is -2.52. The first-order chi connectivity index (χ1) is 18.1. The predicted octanol–water partition coefficient (Wildman–Crippen LogP) is 4.83. The van der Waals surface area contributed by atoms with Gasteiger partial charge in [0.15, 0.2) is 0 Å². The third kappa shape index (κ3) is 7.58. The predicted molar refractivity (Wildman–Crippen MR) is 152 cm³/mol. The van der Waals surface area contributed by atoms with E-state index >= 15 is 0 Å². The standard InChI is InChI=1S/C29H34ClN3O4S/c1-4-19-31-29(35)23(3)32(20-18-24-8-6-5-7-9-24)28(34)21-33(26-14-10-22(2)11-15-26)38(36,37)27-16-12-25(30)13-17-27/h5-17,23H,4,18-21H2,1-3H3,(H,31,35)/t23-/m1/s1. The highest BCUT2D eigenvalue weighted by Gasteiger charge is 2.32. The van der Waals surface area contributed by atoms with Gasteiger partial charge in [0.05, 0.1) is 10.6 Å². The largest absolute Gasteiger partial charge is 0.354 e. The summed E-state index contributed by atoms with van der Waals surface area (Å²) >= 11 is 5.98. The van der Waals surface area contributed by atoms with Gasteiger partial charge in [-0.25, -0.2) is 8.42 Å². The fraction of sp³-hybridized carbons (Fsp3) is 0.310. The molecule has 0 spiro atoms. The van der Waals surface area contributed by atoms with Crippen molar-refractivity contribution in [2.45, 2.75) is 44.6 Å². The van der Waals surface area contributed by atoms with Gasteiger partial charge in [0.1, 0.15) is 12.6 Å². The van der Waals surface area contributed by atoms with Gasteiger partial charge in [-0.05, 0) is 68.7 Å². The molecule has 7 nitrogen and oxygen atoms in total. The van der Waals surface area contributed by atoms with Crippen LogP contribution in [-0.2, 0) is 26.0 Å². The molecular formula is C29H34ClN3O4S. The fourth-order valence-electron chi connectivity index (χ4n) is 3.94. The molecule has 3 aromatic carbocycles. The number of carbonyl (C=O) groups excluding carboxylic acids is 2. The van der Waals surface area contributed by atoms with E-state index in [1.807, 2.05) is 44.2 Å². The maximum Gasteiger partial charge on any atom is 0.264 e. The van der Waals surface area contributed by atoms with E-state index in [0.717, 1.165) is 21.9 Å². The molecule has 0 aliphatic rings. The van der Waals surface area contributed by atoms with Crippen molar-refractivity contribution in [2.75, 3.05) is 23.9 Å². The van der Waals surface area contributed by atoms with Crippen LogP contribution in [0, 0.1) is 6.92 Å². The number of halogens is 1. The van der Waals surface area contributed by atoms with Gasteiger partial charge in [-0.1, -0.05) is 66.6 Å². The SMILES string of the molecule is CCCNC(=O)[C@@H](C)N(CCc1ccccc1)C(=O)CN(c1ccc(C)cc1)S(=O)(=O)c1ccc(Cl)cc1. The van der Waals surface area contributed by atoms with Gasteiger partial charge >= 0.3 is 0 Å². The number of hydrogen-bond donors (Lipinski definition) is 1. The molecule has 0 unspecified atom stereocenters. The van der Waals surface area contributed by atoms with E-state index in [1.165, 1.54) is 29.2 Å². The minimum Gasteiger partial charge on any atom is -0.354 e. The van der Waals surface area contributed by atoms with E-state index in [2.05, 4.69) is 5.32 Å². The summed E-state index contributed by atoms with van der Waals surface area (Å²) in [5.74, 6) is -0.756. The van der Waals surface area contributed by atoms with E-state index in [0.29, 0.717) is 23.7 Å². The zero-order valence-electron chi connectivity index (χ0n) is 21.9. The second-order valence-corrected chi connectivity index (χ2v) is 11.4. The van der Waals surface area contributed by atoms with Crippen LogP contribution in [0.2, 0.25) is 5.02 Å². The smallest absolute Gasteiger partial charge is 0.264 e. The van der Waals surface area contributed by atoms with E-state index in [-0.39, 0.29) is 17.3 Å². The summed E-state index contributed by atoms with van der Waals surface area (Å²) in [5, 5.41) is 3.24. The van der Waals surface area contributed by atoms with Crippen LogP contribution in [0.25, 0.3) is 0 Å². The van der Waals surface area contributed by atoms with Crippen molar-refractivity contribution in [2.24, 2.45) is 0 Å². The zero-order chi connectivity index (χ0) is 27.7. The molecule has 38 heavy (non-hydrogen) atoms. The number of carbonyl (C=O) groups is 2. The molecule has 2 amide bonds. The molecule has 0 radical (unpaired) electrons. The van der Waals surface area contributed by atoms with Crippen LogP contribution in [0.5, 0.6) is 0 Å². The van der Waals surface area contributed by atoms with E-state index in [9.17, 15) is 18.0 Å². The Bertz CT molecular complexity index is 1310. The Labute approximate surface area is 230 Å². The second kappa shape index (κ2) is 13.4. The molecular weight excluding hydrogens is 522 g/mol. The molecule has 0 saturated carbocycles. The molecule has 202 valence electrons. The first-order valence-electron chi connectivity index (χ1n) is 12.6. The summed E-state index contributed by atoms with van der Waals surface area (Å²) in [5.41, 5.74) is 2.32. The van der Waals surface area contributed by atoms with Crippen LogP contribution in [0.3, 0.4) is 0 Å². The van der Waals surface area contributed by atoms with Gasteiger partial charge in [-0.2, -0.15) is 0 Å². The summed E-state index contributed by atoms with van der Waals surface area (Å²) < 4.78 is 28.6. The number of nitrogens with one attached hydrogen (secondary N) is 1. The molecule has 0 aliphatic carbocycles. The molecule has 0 bridgehead atoms. The minimum atomic E-state index is -4.11. The summed E-state index contributed by atoms with van der Waals surface area (Å²) in [6.45, 7) is 5.79. The van der Waals surface area contributed by atoms with Crippen molar-refractivity contribution in [3.05, 3.63) is 95.0 Å². The topological polar surface area (TPSA) is 86.8 Å². The Morgan fingerprint density at radius 3 is 2.18 bits per heavy atom. The Balaban J connectivity index is 1.95. The van der Waals surface area contributed by atoms with Crippen molar-refractivity contribution in [3.63, 3.8) is 0 Å². The minimum absolute atomic E-state index is 0.0137. The fourth-order valence-corrected chi connectivity index (χ4v) is 5.48. The van der Waals surface area contributed by atoms with Crippen LogP contribution < -0.4 is 9.62 Å². The Morgan fingerprint density at radius 2 is 1.58 bits per heavy atom. The highest BCUT2D eigenvalue weighted by molar-refractivity contribution is 7.92. The number of nitrogens with zero attached hydrogens (tertiary/aromatic N) is 2. The van der Waals surface area contributed by atoms with Crippen LogP contribution in [-0.4, -0.2) is 50.8 Å². The molecule has 9 heteroatoms. The van der Waals surface area contributed by atoms with Crippen molar-refractivity contribution in [1.82, 2.24) is 10.2 Å². The zero-order valence-corrected chi connectivity index (χ0v) is 23.5. The molecule has 3 rings (SSSR count). The monoisotopic (exact) mass is 555 g/mol. The average molecular weight is 556 g/mol. The molecule has 0 fully saturated rings. The van der Waals surface area contributed by atoms with Crippen LogP contribution in [0.15, 0.2) is 83.8 Å². The summed E-state index contributed by atoms with van der Waals surface area (Å²) in [7, 11) is -4.11. The number of benzene rings is 3. The highest BCUT2D eigenvalue weighted by atomic mass is 35.5. The molecule has 1 atom stereocenters. The number of anilines is 1. The number of sulfonamides is 1. The van der Waals surface area contributed by atoms with E-state index < -0.39 is 28.5 Å². The Kier molecular flexibility index (Phi) is 10.3. The van der Waals surface area contributed by atoms with Crippen LogP contribution in [0.4, 0.5) is 5.69 Å². The van der Waals surface area contributed by atoms with Crippen LogP contribution in [0.1, 0.15) is 31.4 Å². The number of hydrogen-bond acceptors (Lipinski definition) is 4. The molecule has 3 aromatic rings. The normalized spacial score (nSPS) is 12.0. The molecule has 1 N–H and O–H groups in total. The number of aryl methyl sites for hydroxylation is 1. The van der Waals surface area contributed by atoms with Crippen molar-refractivity contribution in [3.8, 4) is 0 Å². The lowest BCUT2D eigenvalue weighted by molar-refractivity contribution is -0.138. The van der Waals surface area contributed by atoms with Gasteiger partial charge in [0.25, 0.3) is 10.0 Å². The summed E-state index contributed by atoms with van der Waals surface area (Å²) in [6.07, 6.45) is 1.28. The van der Waals surface area contributed by atoms with Gasteiger partial charge in [0.2, 0.25) is 11.8 Å². The first kappa shape index (κ1) is 29.2. The number of rotatable bonds is 12. The van der Waals surface area contributed by atoms with Crippen molar-refractivity contribution in [1.29, 1.82) is 0 Å². The second-order valence-electron chi connectivity index (χ2n) is 9.09. The van der Waals surface area contributed by atoms with E-state index in [4.69, 9.17) is 11.6 Å². The molecule has 0 aromatic heterocycles. The van der Waals surface area contributed by atoms with E-state index in [1.54, 1.807) is 31.2 Å². The van der Waals surface area contributed by atoms with Crippen molar-refractivity contribution >= 4 is 39.1 Å². The Morgan fingerprint density at radius 1 is 0.947 bits per heavy atom. The van der Waals surface area contributed by atoms with Crippen LogP contribution >= 0.6 is 11.6 Å². The Hall–Kier alpha value is -3.36. The first-order valence-corrected chi connectivity index (χ1v) is 14.4. The summed E-state index contributed by atoms with van der Waals surface area (Å²) in [4.78, 5) is 28.1. The maximum absolute atomic E-state index is 13.8. The molecule has 0 aliphatic heterocycles. The third-order valence-electron chi connectivity index (χ3n) is 6.20. The third-order valence-corrected chi connectivity index (χ3v) is 8.24. The van der Waals surface area contributed by atoms with Crippen molar-refractivity contribution < 1.29 is 18.0 Å². The summed E-state index contributed by atoms with van der Waals surface area (Å²) in [6, 6.07) is 21.6. The van der Waals surface area contributed by atoms with Gasteiger partial charge in [-0.15, -0.1) is 0 Å². The number of amides is 2. The maximum atomic E-state index is 13.8. The lowest BCUT2D eigenvalue weighted by atomic mass is 10.1.